The maximum atomic E-state index is 12.6. The zero-order valence-corrected chi connectivity index (χ0v) is 10.6. The summed E-state index contributed by atoms with van der Waals surface area (Å²) in [7, 11) is 0. The number of rotatable bonds is 1. The summed E-state index contributed by atoms with van der Waals surface area (Å²) in [6, 6.07) is -0.0690. The molecule has 106 valence electrons. The number of nitrogens with zero attached hydrogens (tertiary/aromatic N) is 1. The van der Waals surface area contributed by atoms with Crippen molar-refractivity contribution < 1.29 is 18.3 Å². The molecule has 2 N–H and O–H groups in total. The van der Waals surface area contributed by atoms with E-state index in [0.29, 0.717) is 26.1 Å². The van der Waals surface area contributed by atoms with Crippen molar-refractivity contribution in [3.8, 4) is 0 Å². The largest absolute Gasteiger partial charge is 0.391 e. The topological polar surface area (TPSA) is 35.5 Å². The van der Waals surface area contributed by atoms with Crippen LogP contribution in [0.2, 0.25) is 0 Å². The van der Waals surface area contributed by atoms with Crippen LogP contribution in [0.4, 0.5) is 13.2 Å². The Hall–Kier alpha value is -0.330. The van der Waals surface area contributed by atoms with E-state index < -0.39 is 17.7 Å². The maximum Gasteiger partial charge on any atom is 0.391 e. The third kappa shape index (κ3) is 2.97. The van der Waals surface area contributed by atoms with Gasteiger partial charge in [0.25, 0.3) is 0 Å². The molecule has 2 heterocycles. The van der Waals surface area contributed by atoms with Crippen molar-refractivity contribution >= 4 is 0 Å². The number of hydrogen-bond acceptors (Lipinski definition) is 3. The van der Waals surface area contributed by atoms with E-state index in [0.717, 1.165) is 6.54 Å². The molecule has 0 aliphatic carbocycles. The number of nitrogens with one attached hydrogen (secondary N) is 1. The molecule has 0 amide bonds. The van der Waals surface area contributed by atoms with Gasteiger partial charge in [-0.2, -0.15) is 13.2 Å². The lowest BCUT2D eigenvalue weighted by Gasteiger charge is -2.46. The first-order valence-electron chi connectivity index (χ1n) is 6.54. The van der Waals surface area contributed by atoms with E-state index in [-0.39, 0.29) is 18.9 Å². The molecule has 2 aliphatic heterocycles. The van der Waals surface area contributed by atoms with Crippen LogP contribution in [-0.4, -0.2) is 54.0 Å². The molecule has 2 aliphatic rings. The first kappa shape index (κ1) is 14.1. The molecule has 2 fully saturated rings. The Morgan fingerprint density at radius 2 is 1.89 bits per heavy atom. The van der Waals surface area contributed by atoms with Gasteiger partial charge in [-0.05, 0) is 45.8 Å². The van der Waals surface area contributed by atoms with Crippen LogP contribution >= 0.6 is 0 Å². The number of piperidine rings is 2. The van der Waals surface area contributed by atoms with E-state index in [2.05, 4.69) is 5.32 Å². The average molecular weight is 266 g/mol. The number of likely N-dealkylation sites (tertiary alicyclic amines) is 1. The SMILES string of the molecule is CC1(O)CCNCC1N1CCC(C(F)(F)F)CC1. The predicted molar refractivity (Wildman–Crippen MR) is 62.3 cm³/mol. The van der Waals surface area contributed by atoms with E-state index in [1.807, 2.05) is 4.90 Å². The molecule has 0 saturated carbocycles. The molecular formula is C12H21F3N2O. The van der Waals surface area contributed by atoms with Gasteiger partial charge in [-0.25, -0.2) is 0 Å². The lowest BCUT2D eigenvalue weighted by Crippen LogP contribution is -2.61. The first-order valence-corrected chi connectivity index (χ1v) is 6.54. The van der Waals surface area contributed by atoms with Crippen molar-refractivity contribution in [1.82, 2.24) is 10.2 Å². The van der Waals surface area contributed by atoms with Crippen LogP contribution < -0.4 is 5.32 Å². The fraction of sp³-hybridized carbons (Fsp3) is 1.00. The number of aliphatic hydroxyl groups is 1. The van der Waals surface area contributed by atoms with Gasteiger partial charge in [-0.1, -0.05) is 0 Å². The lowest BCUT2D eigenvalue weighted by atomic mass is 9.86. The van der Waals surface area contributed by atoms with Crippen LogP contribution in [0.15, 0.2) is 0 Å². The minimum atomic E-state index is -4.07. The second-order valence-corrected chi connectivity index (χ2v) is 5.68. The van der Waals surface area contributed by atoms with Crippen molar-refractivity contribution in [2.75, 3.05) is 26.2 Å². The fourth-order valence-electron chi connectivity index (χ4n) is 3.03. The van der Waals surface area contributed by atoms with Gasteiger partial charge in [0, 0.05) is 6.54 Å². The summed E-state index contributed by atoms with van der Waals surface area (Å²) < 4.78 is 37.7. The van der Waals surface area contributed by atoms with E-state index in [1.54, 1.807) is 6.92 Å². The van der Waals surface area contributed by atoms with Gasteiger partial charge < -0.3 is 10.4 Å². The van der Waals surface area contributed by atoms with E-state index in [9.17, 15) is 18.3 Å². The van der Waals surface area contributed by atoms with Crippen molar-refractivity contribution in [3.63, 3.8) is 0 Å². The molecule has 18 heavy (non-hydrogen) atoms. The minimum absolute atomic E-state index is 0.0690. The van der Waals surface area contributed by atoms with Crippen molar-refractivity contribution in [2.45, 2.75) is 44.0 Å². The highest BCUT2D eigenvalue weighted by molar-refractivity contribution is 4.96. The Balaban J connectivity index is 1.93. The smallest absolute Gasteiger partial charge is 0.388 e. The van der Waals surface area contributed by atoms with Gasteiger partial charge in [0.15, 0.2) is 0 Å². The van der Waals surface area contributed by atoms with Gasteiger partial charge in [0.05, 0.1) is 17.6 Å². The first-order chi connectivity index (χ1) is 8.31. The molecule has 0 spiro atoms. The Morgan fingerprint density at radius 1 is 1.28 bits per heavy atom. The molecule has 2 rings (SSSR count). The van der Waals surface area contributed by atoms with Crippen LogP contribution in [-0.2, 0) is 0 Å². The summed E-state index contributed by atoms with van der Waals surface area (Å²) >= 11 is 0. The third-order valence-corrected chi connectivity index (χ3v) is 4.30. The van der Waals surface area contributed by atoms with Gasteiger partial charge >= 0.3 is 6.18 Å². The number of alkyl halides is 3. The molecule has 3 nitrogen and oxygen atoms in total. The molecule has 0 radical (unpaired) electrons. The van der Waals surface area contributed by atoms with Crippen LogP contribution in [0.5, 0.6) is 0 Å². The minimum Gasteiger partial charge on any atom is -0.388 e. The van der Waals surface area contributed by atoms with Crippen LogP contribution in [0, 0.1) is 5.92 Å². The maximum absolute atomic E-state index is 12.6. The molecule has 0 aromatic rings. The van der Waals surface area contributed by atoms with Crippen LogP contribution in [0.1, 0.15) is 26.2 Å². The molecule has 2 saturated heterocycles. The van der Waals surface area contributed by atoms with Crippen LogP contribution in [0.3, 0.4) is 0 Å². The van der Waals surface area contributed by atoms with E-state index in [4.69, 9.17) is 0 Å². The molecule has 6 heteroatoms. The third-order valence-electron chi connectivity index (χ3n) is 4.30. The Kier molecular flexibility index (Phi) is 3.90. The van der Waals surface area contributed by atoms with Gasteiger partial charge in [0.1, 0.15) is 0 Å². The zero-order valence-electron chi connectivity index (χ0n) is 10.6. The molecular weight excluding hydrogens is 245 g/mol. The highest BCUT2D eigenvalue weighted by Crippen LogP contribution is 2.35. The Morgan fingerprint density at radius 3 is 2.39 bits per heavy atom. The predicted octanol–water partition coefficient (Wildman–Crippen LogP) is 1.37. The fourth-order valence-corrected chi connectivity index (χ4v) is 3.03. The van der Waals surface area contributed by atoms with Gasteiger partial charge in [-0.3, -0.25) is 4.90 Å². The monoisotopic (exact) mass is 266 g/mol. The summed E-state index contributed by atoms with van der Waals surface area (Å²) in [5.74, 6) is -1.17. The second-order valence-electron chi connectivity index (χ2n) is 5.68. The van der Waals surface area contributed by atoms with Gasteiger partial charge in [-0.15, -0.1) is 0 Å². The molecule has 0 aromatic carbocycles. The van der Waals surface area contributed by atoms with Gasteiger partial charge in [0.2, 0.25) is 0 Å². The van der Waals surface area contributed by atoms with Crippen molar-refractivity contribution in [2.24, 2.45) is 5.92 Å². The molecule has 0 bridgehead atoms. The quantitative estimate of drug-likeness (QED) is 0.752. The second kappa shape index (κ2) is 4.98. The summed E-state index contributed by atoms with van der Waals surface area (Å²) in [6.45, 7) is 4.06. The Labute approximate surface area is 105 Å². The molecule has 2 atom stereocenters. The highest BCUT2D eigenvalue weighted by Gasteiger charge is 2.44. The molecule has 2 unspecified atom stereocenters. The number of hydrogen-bond donors (Lipinski definition) is 2. The summed E-state index contributed by atoms with van der Waals surface area (Å²) in [6.07, 6.45) is -3.12. The molecule has 0 aromatic heterocycles. The summed E-state index contributed by atoms with van der Waals surface area (Å²) in [5, 5.41) is 13.5. The van der Waals surface area contributed by atoms with Crippen molar-refractivity contribution in [1.29, 1.82) is 0 Å². The normalized spacial score (nSPS) is 36.8. The Bertz CT molecular complexity index is 286. The van der Waals surface area contributed by atoms with Crippen molar-refractivity contribution in [3.05, 3.63) is 0 Å². The highest BCUT2D eigenvalue weighted by atomic mass is 19.4. The summed E-state index contributed by atoms with van der Waals surface area (Å²) in [5.41, 5.74) is -0.795. The van der Waals surface area contributed by atoms with Crippen LogP contribution in [0.25, 0.3) is 0 Å². The van der Waals surface area contributed by atoms with E-state index in [1.165, 1.54) is 0 Å². The standard InChI is InChI=1S/C12H21F3N2O/c1-11(18)4-5-16-8-10(11)17-6-2-9(3-7-17)12(13,14)15/h9-10,16,18H,2-8H2,1H3. The number of halogens is 3. The average Bonchev–Trinajstić information content (AvgIpc) is 2.27. The summed E-state index contributed by atoms with van der Waals surface area (Å²) in [4.78, 5) is 2.01. The lowest BCUT2D eigenvalue weighted by molar-refractivity contribution is -0.188. The zero-order chi connectivity index (χ0) is 13.4. The van der Waals surface area contributed by atoms with E-state index >= 15 is 0 Å².